The van der Waals surface area contributed by atoms with E-state index in [1.165, 1.54) is 18.4 Å². The van der Waals surface area contributed by atoms with Gasteiger partial charge in [0, 0.05) is 32.4 Å². The van der Waals surface area contributed by atoms with E-state index >= 15 is 0 Å². The Hall–Kier alpha value is -1.13. The highest BCUT2D eigenvalue weighted by molar-refractivity contribution is 5.40. The standard InChI is InChI=1S/C15H25N3O/c1-12(16-2)14-6-7-15(17-9-14)18-8-4-5-13(10-18)11-19-3/h6-7,9,12-13,16H,4-5,8,10-11H2,1-3H3. The molecule has 4 nitrogen and oxygen atoms in total. The van der Waals surface area contributed by atoms with E-state index in [4.69, 9.17) is 4.74 Å². The Bertz CT molecular complexity index is 377. The molecule has 2 heterocycles. The minimum Gasteiger partial charge on any atom is -0.384 e. The van der Waals surface area contributed by atoms with Gasteiger partial charge in [-0.3, -0.25) is 0 Å². The molecule has 0 saturated carbocycles. The van der Waals surface area contributed by atoms with Crippen LogP contribution in [0.4, 0.5) is 5.82 Å². The summed E-state index contributed by atoms with van der Waals surface area (Å²) in [6.07, 6.45) is 4.47. The molecule has 0 bridgehead atoms. The number of nitrogens with one attached hydrogen (secondary N) is 1. The molecule has 2 atom stereocenters. The van der Waals surface area contributed by atoms with Gasteiger partial charge in [0.25, 0.3) is 0 Å². The van der Waals surface area contributed by atoms with E-state index in [0.717, 1.165) is 25.5 Å². The Morgan fingerprint density at radius 3 is 3.00 bits per heavy atom. The molecule has 0 aliphatic carbocycles. The van der Waals surface area contributed by atoms with E-state index < -0.39 is 0 Å². The van der Waals surface area contributed by atoms with Crippen LogP contribution in [-0.2, 0) is 4.74 Å². The van der Waals surface area contributed by atoms with E-state index in [0.29, 0.717) is 12.0 Å². The zero-order valence-corrected chi connectivity index (χ0v) is 12.2. The number of anilines is 1. The molecule has 0 aromatic carbocycles. The van der Waals surface area contributed by atoms with Gasteiger partial charge in [0.05, 0.1) is 6.61 Å². The van der Waals surface area contributed by atoms with Gasteiger partial charge in [-0.2, -0.15) is 0 Å². The SMILES string of the molecule is CNC(C)c1ccc(N2CCCC(COC)C2)nc1. The molecular formula is C15H25N3O. The molecule has 1 aromatic heterocycles. The lowest BCUT2D eigenvalue weighted by Crippen LogP contribution is -2.37. The summed E-state index contributed by atoms with van der Waals surface area (Å²) in [7, 11) is 3.75. The lowest BCUT2D eigenvalue weighted by atomic mass is 9.99. The summed E-state index contributed by atoms with van der Waals surface area (Å²) in [6, 6.07) is 4.66. The van der Waals surface area contributed by atoms with Gasteiger partial charge in [-0.15, -0.1) is 0 Å². The van der Waals surface area contributed by atoms with Crippen LogP contribution < -0.4 is 10.2 Å². The number of pyridine rings is 1. The fourth-order valence-corrected chi connectivity index (χ4v) is 2.65. The Morgan fingerprint density at radius 2 is 2.37 bits per heavy atom. The number of piperidine rings is 1. The van der Waals surface area contributed by atoms with Gasteiger partial charge < -0.3 is 15.0 Å². The van der Waals surface area contributed by atoms with Crippen molar-refractivity contribution in [1.82, 2.24) is 10.3 Å². The van der Waals surface area contributed by atoms with Crippen LogP contribution >= 0.6 is 0 Å². The summed E-state index contributed by atoms with van der Waals surface area (Å²) in [5.74, 6) is 1.73. The molecule has 2 unspecified atom stereocenters. The maximum atomic E-state index is 5.28. The first-order chi connectivity index (χ1) is 9.24. The second-order valence-electron chi connectivity index (χ2n) is 5.37. The molecule has 2 rings (SSSR count). The van der Waals surface area contributed by atoms with Crippen molar-refractivity contribution in [2.45, 2.75) is 25.8 Å². The highest BCUT2D eigenvalue weighted by Crippen LogP contribution is 2.22. The summed E-state index contributed by atoms with van der Waals surface area (Å²) >= 11 is 0. The van der Waals surface area contributed by atoms with Crippen LogP contribution in [0.5, 0.6) is 0 Å². The van der Waals surface area contributed by atoms with E-state index in [9.17, 15) is 0 Å². The quantitative estimate of drug-likeness (QED) is 0.884. The fourth-order valence-electron chi connectivity index (χ4n) is 2.65. The number of ether oxygens (including phenoxy) is 1. The monoisotopic (exact) mass is 263 g/mol. The number of hydrogen-bond acceptors (Lipinski definition) is 4. The molecular weight excluding hydrogens is 238 g/mol. The lowest BCUT2D eigenvalue weighted by Gasteiger charge is -2.33. The molecule has 1 saturated heterocycles. The predicted molar refractivity (Wildman–Crippen MR) is 78.5 cm³/mol. The van der Waals surface area contributed by atoms with Crippen LogP contribution in [0.15, 0.2) is 18.3 Å². The van der Waals surface area contributed by atoms with Gasteiger partial charge in [-0.25, -0.2) is 4.98 Å². The van der Waals surface area contributed by atoms with Crippen molar-refractivity contribution in [2.24, 2.45) is 5.92 Å². The maximum Gasteiger partial charge on any atom is 0.128 e. The number of rotatable bonds is 5. The molecule has 1 N–H and O–H groups in total. The van der Waals surface area contributed by atoms with Crippen molar-refractivity contribution >= 4 is 5.82 Å². The normalized spacial score (nSPS) is 21.4. The second-order valence-corrected chi connectivity index (χ2v) is 5.37. The lowest BCUT2D eigenvalue weighted by molar-refractivity contribution is 0.143. The van der Waals surface area contributed by atoms with Crippen molar-refractivity contribution < 1.29 is 4.74 Å². The summed E-state index contributed by atoms with van der Waals surface area (Å²) in [5.41, 5.74) is 1.23. The molecule has 106 valence electrons. The van der Waals surface area contributed by atoms with Crippen molar-refractivity contribution in [1.29, 1.82) is 0 Å². The van der Waals surface area contributed by atoms with Gasteiger partial charge >= 0.3 is 0 Å². The van der Waals surface area contributed by atoms with Crippen molar-refractivity contribution in [3.63, 3.8) is 0 Å². The molecule has 4 heteroatoms. The zero-order chi connectivity index (χ0) is 13.7. The minimum atomic E-state index is 0.351. The molecule has 0 amide bonds. The van der Waals surface area contributed by atoms with Gasteiger partial charge in [-0.05, 0) is 44.4 Å². The fraction of sp³-hybridized carbons (Fsp3) is 0.667. The Kier molecular flexibility index (Phi) is 5.16. The summed E-state index contributed by atoms with van der Waals surface area (Å²) in [6.45, 7) is 5.16. The zero-order valence-electron chi connectivity index (χ0n) is 12.2. The highest BCUT2D eigenvalue weighted by Gasteiger charge is 2.20. The predicted octanol–water partition coefficient (Wildman–Crippen LogP) is 2.22. The van der Waals surface area contributed by atoms with Gasteiger partial charge in [0.15, 0.2) is 0 Å². The molecule has 1 aromatic rings. The molecule has 1 fully saturated rings. The third-order valence-corrected chi connectivity index (χ3v) is 3.95. The second kappa shape index (κ2) is 6.87. The van der Waals surface area contributed by atoms with Gasteiger partial charge in [-0.1, -0.05) is 6.07 Å². The third kappa shape index (κ3) is 3.67. The van der Waals surface area contributed by atoms with Crippen LogP contribution in [0.3, 0.4) is 0 Å². The van der Waals surface area contributed by atoms with E-state index in [2.05, 4.69) is 34.3 Å². The van der Waals surface area contributed by atoms with Crippen LogP contribution in [-0.4, -0.2) is 38.8 Å². The minimum absolute atomic E-state index is 0.351. The smallest absolute Gasteiger partial charge is 0.128 e. The third-order valence-electron chi connectivity index (χ3n) is 3.95. The molecule has 1 aliphatic heterocycles. The Morgan fingerprint density at radius 1 is 1.53 bits per heavy atom. The average molecular weight is 263 g/mol. The van der Waals surface area contributed by atoms with Crippen LogP contribution in [0.2, 0.25) is 0 Å². The van der Waals surface area contributed by atoms with E-state index in [1.807, 2.05) is 13.2 Å². The summed E-state index contributed by atoms with van der Waals surface area (Å²) < 4.78 is 5.28. The van der Waals surface area contributed by atoms with Crippen molar-refractivity contribution in [3.8, 4) is 0 Å². The van der Waals surface area contributed by atoms with E-state index in [1.54, 1.807) is 7.11 Å². The number of methoxy groups -OCH3 is 1. The largest absolute Gasteiger partial charge is 0.384 e. The first kappa shape index (κ1) is 14.3. The number of nitrogens with zero attached hydrogens (tertiary/aromatic N) is 2. The molecule has 0 radical (unpaired) electrons. The molecule has 19 heavy (non-hydrogen) atoms. The van der Waals surface area contributed by atoms with E-state index in [-0.39, 0.29) is 0 Å². The Labute approximate surface area is 116 Å². The van der Waals surface area contributed by atoms with Crippen LogP contribution in [0.1, 0.15) is 31.4 Å². The summed E-state index contributed by atoms with van der Waals surface area (Å²) in [4.78, 5) is 6.99. The van der Waals surface area contributed by atoms with Crippen molar-refractivity contribution in [2.75, 3.05) is 38.8 Å². The van der Waals surface area contributed by atoms with Crippen LogP contribution in [0, 0.1) is 5.92 Å². The summed E-state index contributed by atoms with van der Waals surface area (Å²) in [5, 5.41) is 3.23. The first-order valence-electron chi connectivity index (χ1n) is 7.11. The highest BCUT2D eigenvalue weighted by atomic mass is 16.5. The number of hydrogen-bond donors (Lipinski definition) is 1. The maximum absolute atomic E-state index is 5.28. The Balaban J connectivity index is 2.01. The first-order valence-corrected chi connectivity index (χ1v) is 7.11. The average Bonchev–Trinajstić information content (AvgIpc) is 2.47. The molecule has 1 aliphatic rings. The topological polar surface area (TPSA) is 37.4 Å². The van der Waals surface area contributed by atoms with Gasteiger partial charge in [0.2, 0.25) is 0 Å². The molecule has 0 spiro atoms. The van der Waals surface area contributed by atoms with Crippen LogP contribution in [0.25, 0.3) is 0 Å². The number of aromatic nitrogens is 1. The van der Waals surface area contributed by atoms with Gasteiger partial charge in [0.1, 0.15) is 5.82 Å². The van der Waals surface area contributed by atoms with Crippen molar-refractivity contribution in [3.05, 3.63) is 23.9 Å².